The Morgan fingerprint density at radius 3 is 2.47 bits per heavy atom. The lowest BCUT2D eigenvalue weighted by Crippen LogP contribution is -2.33. The van der Waals surface area contributed by atoms with Crippen molar-refractivity contribution in [2.24, 2.45) is 5.92 Å². The molecule has 0 spiro atoms. The van der Waals surface area contributed by atoms with Gasteiger partial charge in [0.2, 0.25) is 0 Å². The second-order valence-electron chi connectivity index (χ2n) is 9.69. The highest BCUT2D eigenvalue weighted by Crippen LogP contribution is 2.35. The Balaban J connectivity index is 2.06. The van der Waals surface area contributed by atoms with Gasteiger partial charge < -0.3 is 9.64 Å². The Kier molecular flexibility index (Phi) is 8.89. The van der Waals surface area contributed by atoms with Crippen molar-refractivity contribution < 1.29 is 22.7 Å². The highest BCUT2D eigenvalue weighted by atomic mass is 19.4. The Morgan fingerprint density at radius 2 is 1.86 bits per heavy atom. The quantitative estimate of drug-likeness (QED) is 0.404. The molecule has 2 aromatic rings. The van der Waals surface area contributed by atoms with Gasteiger partial charge in [0.25, 0.3) is 0 Å². The molecule has 36 heavy (non-hydrogen) atoms. The van der Waals surface area contributed by atoms with Crippen LogP contribution in [-0.4, -0.2) is 31.2 Å². The number of halogens is 3. The first-order valence-electron chi connectivity index (χ1n) is 12.4. The lowest BCUT2D eigenvalue weighted by atomic mass is 9.86. The Bertz CT molecular complexity index is 1120. The molecule has 0 N–H and O–H groups in total. The molecule has 8 heteroatoms. The molecule has 0 aliphatic heterocycles. The van der Waals surface area contributed by atoms with Gasteiger partial charge >= 0.3 is 12.3 Å². The number of benzene rings is 2. The highest BCUT2D eigenvalue weighted by molar-refractivity contribution is 5.69. The van der Waals surface area contributed by atoms with Crippen molar-refractivity contribution in [2.75, 3.05) is 25.1 Å². The number of aryl methyl sites for hydroxylation is 1. The maximum Gasteiger partial charge on any atom is 0.416 e. The topological polar surface area (TPSA) is 56.6 Å². The molecule has 0 saturated carbocycles. The third-order valence-corrected chi connectivity index (χ3v) is 6.54. The van der Waals surface area contributed by atoms with Crippen LogP contribution in [0.25, 0.3) is 0 Å². The number of nitrogens with zero attached hydrogens (tertiary/aromatic N) is 3. The van der Waals surface area contributed by atoms with Crippen molar-refractivity contribution in [3.8, 4) is 6.07 Å². The van der Waals surface area contributed by atoms with Gasteiger partial charge in [-0.2, -0.15) is 18.4 Å². The van der Waals surface area contributed by atoms with Crippen LogP contribution >= 0.6 is 0 Å². The molecule has 1 aliphatic rings. The summed E-state index contributed by atoms with van der Waals surface area (Å²) in [4.78, 5) is 16.6. The van der Waals surface area contributed by atoms with E-state index in [0.29, 0.717) is 5.92 Å². The Labute approximate surface area is 211 Å². The number of rotatable bonds is 8. The van der Waals surface area contributed by atoms with Crippen LogP contribution in [0.4, 0.5) is 23.7 Å². The van der Waals surface area contributed by atoms with Gasteiger partial charge in [-0.1, -0.05) is 19.9 Å². The molecule has 1 amide bonds. The fourth-order valence-electron chi connectivity index (χ4n) is 4.94. The number of hydrogen-bond acceptors (Lipinski definition) is 4. The number of amides is 1. The minimum absolute atomic E-state index is 0.100. The molecule has 0 heterocycles. The van der Waals surface area contributed by atoms with Gasteiger partial charge in [-0.3, -0.25) is 4.90 Å². The van der Waals surface area contributed by atoms with Crippen molar-refractivity contribution in [1.82, 2.24) is 4.90 Å². The van der Waals surface area contributed by atoms with Crippen molar-refractivity contribution in [3.63, 3.8) is 0 Å². The summed E-state index contributed by atoms with van der Waals surface area (Å²) in [6.07, 6.45) is -1.20. The first kappa shape index (κ1) is 27.4. The average Bonchev–Trinajstić information content (AvgIpc) is 2.85. The number of carbonyl (C=O) groups excluding carboxylic acids is 1. The summed E-state index contributed by atoms with van der Waals surface area (Å²) in [5.74, 6) is 0.431. The van der Waals surface area contributed by atoms with E-state index in [1.807, 2.05) is 0 Å². The average molecular weight is 502 g/mol. The van der Waals surface area contributed by atoms with E-state index in [1.54, 1.807) is 6.07 Å². The highest BCUT2D eigenvalue weighted by Gasteiger charge is 2.32. The third kappa shape index (κ3) is 6.51. The van der Waals surface area contributed by atoms with Crippen LogP contribution in [0, 0.1) is 17.2 Å². The van der Waals surface area contributed by atoms with Gasteiger partial charge in [0, 0.05) is 25.3 Å². The first-order valence-corrected chi connectivity index (χ1v) is 12.4. The molecule has 0 bridgehead atoms. The number of anilines is 1. The van der Waals surface area contributed by atoms with Crippen LogP contribution < -0.4 is 4.90 Å². The minimum Gasteiger partial charge on any atom is -0.453 e. The summed E-state index contributed by atoms with van der Waals surface area (Å²) in [6, 6.07) is 9.29. The van der Waals surface area contributed by atoms with E-state index in [1.165, 1.54) is 29.2 Å². The fourth-order valence-corrected chi connectivity index (χ4v) is 4.94. The minimum atomic E-state index is -4.60. The SMILES string of the molecule is CCN(CC(C)C)c1ccc2c(c1CN(Cc1cc(C#N)cc(C(F)(F)F)c1)C(=O)OC)CCCC2. The third-order valence-electron chi connectivity index (χ3n) is 6.54. The second-order valence-corrected chi connectivity index (χ2v) is 9.69. The number of fused-ring (bicyclic) bond motifs is 1. The number of methoxy groups -OCH3 is 1. The Morgan fingerprint density at radius 1 is 1.14 bits per heavy atom. The first-order chi connectivity index (χ1) is 17.1. The second kappa shape index (κ2) is 11.7. The predicted molar refractivity (Wildman–Crippen MR) is 134 cm³/mol. The van der Waals surface area contributed by atoms with Gasteiger partial charge in [-0.05, 0) is 85.0 Å². The van der Waals surface area contributed by atoms with Crippen molar-refractivity contribution >= 4 is 11.8 Å². The molecule has 2 aromatic carbocycles. The maximum atomic E-state index is 13.4. The summed E-state index contributed by atoms with van der Waals surface area (Å²) in [5.41, 5.74) is 3.76. The normalized spacial score (nSPS) is 13.2. The van der Waals surface area contributed by atoms with Crippen molar-refractivity contribution in [1.29, 1.82) is 5.26 Å². The molecule has 194 valence electrons. The molecule has 0 radical (unpaired) electrons. The monoisotopic (exact) mass is 501 g/mol. The van der Waals surface area contributed by atoms with E-state index in [4.69, 9.17) is 4.74 Å². The Hall–Kier alpha value is -3.21. The number of ether oxygens (including phenoxy) is 1. The molecule has 0 aromatic heterocycles. The summed E-state index contributed by atoms with van der Waals surface area (Å²) in [7, 11) is 1.26. The van der Waals surface area contributed by atoms with Crippen molar-refractivity contribution in [3.05, 3.63) is 63.7 Å². The molecule has 0 atom stereocenters. The van der Waals surface area contributed by atoms with Crippen LogP contribution in [0.3, 0.4) is 0 Å². The van der Waals surface area contributed by atoms with Crippen LogP contribution in [0.5, 0.6) is 0 Å². The predicted octanol–water partition coefficient (Wildman–Crippen LogP) is 6.71. The van der Waals surface area contributed by atoms with Gasteiger partial charge in [-0.25, -0.2) is 4.79 Å². The maximum absolute atomic E-state index is 13.4. The number of hydrogen-bond donors (Lipinski definition) is 0. The molecule has 0 fully saturated rings. The standard InChI is InChI=1S/C28H34F3N3O2/c1-5-33(16-19(2)3)26-11-10-22-8-6-7-9-24(22)25(26)18-34(27(35)36-4)17-21-12-20(15-32)13-23(14-21)28(29,30)31/h10-14,19H,5-9,16-18H2,1-4H3. The van der Waals surface area contributed by atoms with E-state index >= 15 is 0 Å². The molecule has 0 unspecified atom stereocenters. The molecule has 3 rings (SSSR count). The van der Waals surface area contributed by atoms with Gasteiger partial charge in [0.1, 0.15) is 0 Å². The molecular formula is C28H34F3N3O2. The smallest absolute Gasteiger partial charge is 0.416 e. The van der Waals surface area contributed by atoms with Gasteiger partial charge in [0.15, 0.2) is 0 Å². The fraction of sp³-hybridized carbons (Fsp3) is 0.500. The van der Waals surface area contributed by atoms with E-state index < -0.39 is 17.8 Å². The molecule has 1 aliphatic carbocycles. The van der Waals surface area contributed by atoms with Crippen LogP contribution in [0.1, 0.15) is 67.0 Å². The van der Waals surface area contributed by atoms with E-state index in [2.05, 4.69) is 37.8 Å². The largest absolute Gasteiger partial charge is 0.453 e. The lowest BCUT2D eigenvalue weighted by molar-refractivity contribution is -0.137. The van der Waals surface area contributed by atoms with Crippen LogP contribution in [0.15, 0.2) is 30.3 Å². The zero-order chi connectivity index (χ0) is 26.5. The number of alkyl halides is 3. The molecule has 0 saturated heterocycles. The van der Waals surface area contributed by atoms with Gasteiger partial charge in [-0.15, -0.1) is 0 Å². The number of nitriles is 1. The van der Waals surface area contributed by atoms with E-state index in [-0.39, 0.29) is 24.2 Å². The molecule has 5 nitrogen and oxygen atoms in total. The lowest BCUT2D eigenvalue weighted by Gasteiger charge is -2.33. The number of carbonyl (C=O) groups is 1. The van der Waals surface area contributed by atoms with Crippen LogP contribution in [-0.2, 0) is 36.8 Å². The van der Waals surface area contributed by atoms with E-state index in [0.717, 1.165) is 62.2 Å². The summed E-state index contributed by atoms with van der Waals surface area (Å²) in [6.45, 7) is 8.14. The molecular weight excluding hydrogens is 467 g/mol. The zero-order valence-corrected chi connectivity index (χ0v) is 21.4. The van der Waals surface area contributed by atoms with E-state index in [9.17, 15) is 23.2 Å². The van der Waals surface area contributed by atoms with Gasteiger partial charge in [0.05, 0.1) is 30.9 Å². The summed E-state index contributed by atoms with van der Waals surface area (Å²) >= 11 is 0. The zero-order valence-electron chi connectivity index (χ0n) is 21.4. The summed E-state index contributed by atoms with van der Waals surface area (Å²) in [5, 5.41) is 9.28. The van der Waals surface area contributed by atoms with Crippen molar-refractivity contribution in [2.45, 2.75) is 65.7 Å². The van der Waals surface area contributed by atoms with Crippen LogP contribution in [0.2, 0.25) is 0 Å². The summed E-state index contributed by atoms with van der Waals surface area (Å²) < 4.78 is 45.4.